The van der Waals surface area contributed by atoms with Crippen LogP contribution in [-0.2, 0) is 6.54 Å². The van der Waals surface area contributed by atoms with Crippen LogP contribution in [-0.4, -0.2) is 24.0 Å². The molecule has 6 heteroatoms. The minimum atomic E-state index is -0.323. The van der Waals surface area contributed by atoms with Crippen molar-refractivity contribution in [1.29, 1.82) is 0 Å². The smallest absolute Gasteiger partial charge is 0.274 e. The molecule has 0 spiro atoms. The van der Waals surface area contributed by atoms with Gasteiger partial charge in [0.25, 0.3) is 11.4 Å². The number of benzene rings is 1. The van der Waals surface area contributed by atoms with E-state index in [2.05, 4.69) is 5.10 Å². The van der Waals surface area contributed by atoms with Crippen LogP contribution in [0, 0.1) is 5.82 Å². The van der Waals surface area contributed by atoms with Gasteiger partial charge in [0, 0.05) is 0 Å². The van der Waals surface area contributed by atoms with E-state index in [4.69, 9.17) is 9.47 Å². The van der Waals surface area contributed by atoms with Crippen LogP contribution in [0.1, 0.15) is 5.56 Å². The summed E-state index contributed by atoms with van der Waals surface area (Å²) in [6.45, 7) is 0.236. The van der Waals surface area contributed by atoms with E-state index >= 15 is 0 Å². The van der Waals surface area contributed by atoms with Gasteiger partial charge in [0.2, 0.25) is 0 Å². The highest BCUT2D eigenvalue weighted by molar-refractivity contribution is 5.31. The van der Waals surface area contributed by atoms with Gasteiger partial charge in [-0.1, -0.05) is 12.1 Å². The first kappa shape index (κ1) is 13.1. The second-order valence-corrected chi connectivity index (χ2v) is 3.84. The molecule has 1 aromatic heterocycles. The van der Waals surface area contributed by atoms with Crippen molar-refractivity contribution in [2.45, 2.75) is 6.54 Å². The molecule has 0 radical (unpaired) electrons. The summed E-state index contributed by atoms with van der Waals surface area (Å²) in [7, 11) is 2.88. The fourth-order valence-electron chi connectivity index (χ4n) is 1.62. The topological polar surface area (TPSA) is 53.4 Å². The summed E-state index contributed by atoms with van der Waals surface area (Å²) < 4.78 is 24.1. The second-order valence-electron chi connectivity index (χ2n) is 3.84. The van der Waals surface area contributed by atoms with E-state index < -0.39 is 0 Å². The van der Waals surface area contributed by atoms with Crippen molar-refractivity contribution >= 4 is 0 Å². The highest BCUT2D eigenvalue weighted by Gasteiger charge is 2.09. The molecule has 1 heterocycles. The van der Waals surface area contributed by atoms with Gasteiger partial charge in [0.05, 0.1) is 26.8 Å². The lowest BCUT2D eigenvalue weighted by atomic mass is 10.2. The van der Waals surface area contributed by atoms with Gasteiger partial charge in [0.1, 0.15) is 5.82 Å². The Morgan fingerprint density at radius 1 is 1.21 bits per heavy atom. The molecule has 1 aromatic carbocycles. The SMILES string of the molecule is COc1cc(=O)n(Cc2ccc(F)cc2)nc1OC. The Morgan fingerprint density at radius 2 is 1.89 bits per heavy atom. The molecule has 0 unspecified atom stereocenters. The molecule has 0 fully saturated rings. The Kier molecular flexibility index (Phi) is 3.79. The van der Waals surface area contributed by atoms with Crippen LogP contribution in [0.15, 0.2) is 35.1 Å². The Bertz CT molecular complexity index is 623. The summed E-state index contributed by atoms with van der Waals surface area (Å²) in [5.41, 5.74) is 0.449. The molecule has 0 amide bonds. The molecule has 0 aliphatic rings. The zero-order valence-electron chi connectivity index (χ0n) is 10.6. The number of hydrogen-bond acceptors (Lipinski definition) is 4. The maximum absolute atomic E-state index is 12.8. The van der Waals surface area contributed by atoms with E-state index in [1.807, 2.05) is 0 Å². The van der Waals surface area contributed by atoms with Crippen molar-refractivity contribution in [2.24, 2.45) is 0 Å². The first-order valence-electron chi connectivity index (χ1n) is 5.58. The van der Waals surface area contributed by atoms with Crippen molar-refractivity contribution < 1.29 is 13.9 Å². The summed E-state index contributed by atoms with van der Waals surface area (Å²) in [5.74, 6) is 0.184. The number of halogens is 1. The van der Waals surface area contributed by atoms with E-state index in [-0.39, 0.29) is 29.6 Å². The molecule has 0 saturated heterocycles. The van der Waals surface area contributed by atoms with Crippen molar-refractivity contribution in [3.05, 3.63) is 52.1 Å². The average Bonchev–Trinajstić information content (AvgIpc) is 2.43. The molecule has 0 aliphatic heterocycles. The summed E-state index contributed by atoms with van der Waals surface area (Å²) in [5, 5.41) is 4.04. The molecule has 0 bridgehead atoms. The van der Waals surface area contributed by atoms with Gasteiger partial charge in [-0.2, -0.15) is 0 Å². The van der Waals surface area contributed by atoms with E-state index in [0.717, 1.165) is 5.56 Å². The zero-order valence-corrected chi connectivity index (χ0v) is 10.6. The lowest BCUT2D eigenvalue weighted by molar-refractivity contribution is 0.328. The van der Waals surface area contributed by atoms with Gasteiger partial charge in [-0.05, 0) is 17.7 Å². The lowest BCUT2D eigenvalue weighted by Crippen LogP contribution is -2.23. The van der Waals surface area contributed by atoms with Gasteiger partial charge in [-0.3, -0.25) is 4.79 Å². The van der Waals surface area contributed by atoms with Gasteiger partial charge in [0.15, 0.2) is 5.75 Å². The number of hydrogen-bond donors (Lipinski definition) is 0. The molecular weight excluding hydrogens is 251 g/mol. The zero-order chi connectivity index (χ0) is 13.8. The van der Waals surface area contributed by atoms with Crippen LogP contribution >= 0.6 is 0 Å². The highest BCUT2D eigenvalue weighted by atomic mass is 19.1. The second kappa shape index (κ2) is 5.51. The number of methoxy groups -OCH3 is 2. The molecule has 5 nitrogen and oxygen atoms in total. The predicted octanol–water partition coefficient (Wildman–Crippen LogP) is 1.45. The van der Waals surface area contributed by atoms with Crippen LogP contribution in [0.3, 0.4) is 0 Å². The molecule has 100 valence electrons. The summed E-state index contributed by atoms with van der Waals surface area (Å²) >= 11 is 0. The Labute approximate surface area is 109 Å². The van der Waals surface area contributed by atoms with Crippen molar-refractivity contribution in [3.8, 4) is 11.6 Å². The van der Waals surface area contributed by atoms with E-state index in [1.54, 1.807) is 12.1 Å². The minimum Gasteiger partial charge on any atom is -0.491 e. The predicted molar refractivity (Wildman–Crippen MR) is 67.1 cm³/mol. The molecule has 0 aliphatic carbocycles. The van der Waals surface area contributed by atoms with Crippen LogP contribution in [0.5, 0.6) is 11.6 Å². The molecule has 0 N–H and O–H groups in total. The number of nitrogens with zero attached hydrogens (tertiary/aromatic N) is 2. The fourth-order valence-corrected chi connectivity index (χ4v) is 1.62. The van der Waals surface area contributed by atoms with E-state index in [1.165, 1.54) is 37.1 Å². The van der Waals surface area contributed by atoms with Crippen LogP contribution in [0.25, 0.3) is 0 Å². The largest absolute Gasteiger partial charge is 0.491 e. The first-order chi connectivity index (χ1) is 9.13. The molecule has 0 saturated carbocycles. The normalized spacial score (nSPS) is 10.3. The van der Waals surface area contributed by atoms with E-state index in [9.17, 15) is 9.18 Å². The summed E-state index contributed by atoms with van der Waals surface area (Å²) in [6.07, 6.45) is 0. The Balaban J connectivity index is 2.35. The summed E-state index contributed by atoms with van der Waals surface area (Å²) in [6, 6.07) is 7.16. The maximum atomic E-state index is 12.8. The Morgan fingerprint density at radius 3 is 2.47 bits per heavy atom. The van der Waals surface area contributed by atoms with Crippen LogP contribution in [0.4, 0.5) is 4.39 Å². The molecule has 0 atom stereocenters. The molecular formula is C13H13FN2O3. The number of rotatable bonds is 4. The van der Waals surface area contributed by atoms with Crippen LogP contribution < -0.4 is 15.0 Å². The third kappa shape index (κ3) is 2.90. The Hall–Kier alpha value is -2.37. The van der Waals surface area contributed by atoms with Crippen molar-refractivity contribution in [3.63, 3.8) is 0 Å². The third-order valence-corrected chi connectivity index (χ3v) is 2.59. The molecule has 2 aromatic rings. The summed E-state index contributed by atoms with van der Waals surface area (Å²) in [4.78, 5) is 11.8. The third-order valence-electron chi connectivity index (χ3n) is 2.59. The van der Waals surface area contributed by atoms with Gasteiger partial charge in [-0.25, -0.2) is 9.07 Å². The van der Waals surface area contributed by atoms with E-state index in [0.29, 0.717) is 0 Å². The van der Waals surface area contributed by atoms with Gasteiger partial charge >= 0.3 is 0 Å². The molecule has 19 heavy (non-hydrogen) atoms. The monoisotopic (exact) mass is 264 g/mol. The fraction of sp³-hybridized carbons (Fsp3) is 0.231. The van der Waals surface area contributed by atoms with Gasteiger partial charge in [-0.15, -0.1) is 5.10 Å². The van der Waals surface area contributed by atoms with Crippen LogP contribution in [0.2, 0.25) is 0 Å². The van der Waals surface area contributed by atoms with Gasteiger partial charge < -0.3 is 9.47 Å². The average molecular weight is 264 g/mol. The highest BCUT2D eigenvalue weighted by Crippen LogP contribution is 2.20. The van der Waals surface area contributed by atoms with Crippen molar-refractivity contribution in [1.82, 2.24) is 9.78 Å². The maximum Gasteiger partial charge on any atom is 0.274 e. The quantitative estimate of drug-likeness (QED) is 0.838. The lowest BCUT2D eigenvalue weighted by Gasteiger charge is -2.09. The standard InChI is InChI=1S/C13H13FN2O3/c1-18-11-7-12(17)16(15-13(11)19-2)8-9-3-5-10(14)6-4-9/h3-7H,8H2,1-2H3. The number of ether oxygens (including phenoxy) is 2. The van der Waals surface area contributed by atoms with Crippen molar-refractivity contribution in [2.75, 3.05) is 14.2 Å². The first-order valence-corrected chi connectivity index (χ1v) is 5.58. The molecule has 2 rings (SSSR count). The number of aromatic nitrogens is 2. The minimum absolute atomic E-state index is 0.226.